The molecule has 0 radical (unpaired) electrons. The predicted octanol–water partition coefficient (Wildman–Crippen LogP) is 3.34. The van der Waals surface area contributed by atoms with Gasteiger partial charge in [-0.05, 0) is 19.1 Å². The van der Waals surface area contributed by atoms with E-state index in [9.17, 15) is 4.79 Å². The van der Waals surface area contributed by atoms with Crippen LogP contribution in [0.15, 0.2) is 48.1 Å². The minimum atomic E-state index is -0.511. The number of rotatable bonds is 5. The second-order valence-electron chi connectivity index (χ2n) is 4.75. The number of ether oxygens (including phenoxy) is 1. The molecule has 0 saturated heterocycles. The van der Waals surface area contributed by atoms with E-state index in [2.05, 4.69) is 20.3 Å². The van der Waals surface area contributed by atoms with Crippen molar-refractivity contribution < 1.29 is 9.53 Å². The Morgan fingerprint density at radius 1 is 1.22 bits per heavy atom. The van der Waals surface area contributed by atoms with E-state index < -0.39 is 5.97 Å². The van der Waals surface area contributed by atoms with Gasteiger partial charge in [-0.1, -0.05) is 18.2 Å². The number of benzene rings is 1. The van der Waals surface area contributed by atoms with Crippen molar-refractivity contribution in [1.29, 1.82) is 0 Å². The molecule has 0 saturated carbocycles. The van der Waals surface area contributed by atoms with Crippen molar-refractivity contribution in [2.24, 2.45) is 0 Å². The second-order valence-corrected chi connectivity index (χ2v) is 5.61. The van der Waals surface area contributed by atoms with Crippen molar-refractivity contribution in [2.75, 3.05) is 5.32 Å². The van der Waals surface area contributed by atoms with Crippen LogP contribution in [0.3, 0.4) is 0 Å². The van der Waals surface area contributed by atoms with Crippen molar-refractivity contribution in [2.45, 2.75) is 13.5 Å². The molecule has 0 amide bonds. The number of thiazole rings is 1. The smallest absolute Gasteiger partial charge is 0.358 e. The Morgan fingerprint density at radius 2 is 2.04 bits per heavy atom. The number of carbonyl (C=O) groups excluding carboxylic acids is 1. The average Bonchev–Trinajstić information content (AvgIpc) is 3.02. The number of aromatic nitrogens is 3. The van der Waals surface area contributed by atoms with E-state index in [0.717, 1.165) is 16.5 Å². The summed E-state index contributed by atoms with van der Waals surface area (Å²) in [7, 11) is 0. The maximum Gasteiger partial charge on any atom is 0.358 e. The highest BCUT2D eigenvalue weighted by atomic mass is 32.1. The number of aryl methyl sites for hydroxylation is 1. The molecule has 0 unspecified atom stereocenters. The van der Waals surface area contributed by atoms with Gasteiger partial charge in [0.1, 0.15) is 6.61 Å². The van der Waals surface area contributed by atoms with E-state index in [0.29, 0.717) is 5.69 Å². The maximum absolute atomic E-state index is 11.9. The van der Waals surface area contributed by atoms with Gasteiger partial charge in [-0.2, -0.15) is 0 Å². The summed E-state index contributed by atoms with van der Waals surface area (Å²) in [6.45, 7) is 1.90. The lowest BCUT2D eigenvalue weighted by Crippen LogP contribution is -2.08. The third kappa shape index (κ3) is 4.10. The predicted molar refractivity (Wildman–Crippen MR) is 87.7 cm³/mol. The fourth-order valence-corrected chi connectivity index (χ4v) is 2.50. The summed E-state index contributed by atoms with van der Waals surface area (Å²) < 4.78 is 5.19. The lowest BCUT2D eigenvalue weighted by molar-refractivity contribution is 0.0461. The van der Waals surface area contributed by atoms with Crippen molar-refractivity contribution in [3.05, 3.63) is 65.2 Å². The molecule has 0 fully saturated rings. The highest BCUT2D eigenvalue weighted by molar-refractivity contribution is 7.13. The Labute approximate surface area is 137 Å². The van der Waals surface area contributed by atoms with Crippen LogP contribution in [-0.4, -0.2) is 20.9 Å². The summed E-state index contributed by atoms with van der Waals surface area (Å²) in [5, 5.41) is 5.79. The lowest BCUT2D eigenvalue weighted by atomic mass is 10.3. The molecule has 23 heavy (non-hydrogen) atoms. The largest absolute Gasteiger partial charge is 0.454 e. The normalized spacial score (nSPS) is 10.3. The number of hydrogen-bond donors (Lipinski definition) is 1. The van der Waals surface area contributed by atoms with E-state index in [1.165, 1.54) is 23.7 Å². The molecule has 1 N–H and O–H groups in total. The molecule has 0 atom stereocenters. The lowest BCUT2D eigenvalue weighted by Gasteiger charge is -2.02. The van der Waals surface area contributed by atoms with Crippen LogP contribution < -0.4 is 5.32 Å². The van der Waals surface area contributed by atoms with Crippen LogP contribution in [0, 0.1) is 6.92 Å². The molecule has 6 nitrogen and oxygen atoms in total. The zero-order chi connectivity index (χ0) is 16.1. The fourth-order valence-electron chi connectivity index (χ4n) is 1.79. The molecule has 3 rings (SSSR count). The van der Waals surface area contributed by atoms with Crippen LogP contribution in [0.2, 0.25) is 0 Å². The molecule has 0 aliphatic carbocycles. The van der Waals surface area contributed by atoms with Gasteiger partial charge in [0.25, 0.3) is 0 Å². The van der Waals surface area contributed by atoms with Gasteiger partial charge in [0.15, 0.2) is 10.8 Å². The average molecular weight is 326 g/mol. The van der Waals surface area contributed by atoms with Crippen LogP contribution in [0.1, 0.15) is 21.9 Å². The summed E-state index contributed by atoms with van der Waals surface area (Å²) in [6.07, 6.45) is 2.93. The van der Waals surface area contributed by atoms with Crippen LogP contribution >= 0.6 is 11.3 Å². The third-order valence-electron chi connectivity index (χ3n) is 2.92. The summed E-state index contributed by atoms with van der Waals surface area (Å²) in [5.41, 5.74) is 2.58. The Kier molecular flexibility index (Phi) is 4.58. The molecule has 0 bridgehead atoms. The van der Waals surface area contributed by atoms with Gasteiger partial charge < -0.3 is 10.1 Å². The van der Waals surface area contributed by atoms with Crippen molar-refractivity contribution in [3.8, 4) is 0 Å². The second kappa shape index (κ2) is 6.97. The first-order valence-corrected chi connectivity index (χ1v) is 7.81. The SMILES string of the molecule is Cc1cnc(C(=O)OCc2csc(Nc3ccccc3)n2)cn1. The van der Waals surface area contributed by atoms with Gasteiger partial charge in [0.05, 0.1) is 17.6 Å². The molecule has 0 spiro atoms. The molecule has 0 aliphatic heterocycles. The zero-order valence-electron chi connectivity index (χ0n) is 12.4. The topological polar surface area (TPSA) is 77.0 Å². The summed E-state index contributed by atoms with van der Waals surface area (Å²) in [6, 6.07) is 9.75. The minimum absolute atomic E-state index is 0.0986. The van der Waals surface area contributed by atoms with Crippen molar-refractivity contribution in [1.82, 2.24) is 15.0 Å². The first kappa shape index (κ1) is 15.1. The van der Waals surface area contributed by atoms with Gasteiger partial charge in [-0.3, -0.25) is 4.98 Å². The quantitative estimate of drug-likeness (QED) is 0.725. The Bertz CT molecular complexity index is 787. The molecular weight excluding hydrogens is 312 g/mol. The molecule has 7 heteroatoms. The Morgan fingerprint density at radius 3 is 2.78 bits per heavy atom. The monoisotopic (exact) mass is 326 g/mol. The minimum Gasteiger partial charge on any atom is -0.454 e. The number of nitrogens with zero attached hydrogens (tertiary/aromatic N) is 3. The van der Waals surface area contributed by atoms with Crippen LogP contribution in [0.5, 0.6) is 0 Å². The van der Waals surface area contributed by atoms with Gasteiger partial charge in [0.2, 0.25) is 0 Å². The van der Waals surface area contributed by atoms with E-state index in [1.807, 2.05) is 35.7 Å². The van der Waals surface area contributed by atoms with Gasteiger partial charge in [0, 0.05) is 17.3 Å². The van der Waals surface area contributed by atoms with Crippen molar-refractivity contribution >= 4 is 28.1 Å². The highest BCUT2D eigenvalue weighted by Gasteiger charge is 2.11. The molecule has 0 aliphatic rings. The zero-order valence-corrected chi connectivity index (χ0v) is 13.2. The molecule has 116 valence electrons. The number of esters is 1. The van der Waals surface area contributed by atoms with Crippen LogP contribution in [-0.2, 0) is 11.3 Å². The Hall–Kier alpha value is -2.80. The van der Waals surface area contributed by atoms with Gasteiger partial charge in [-0.15, -0.1) is 11.3 Å². The fraction of sp³-hybridized carbons (Fsp3) is 0.125. The first-order chi connectivity index (χ1) is 11.2. The summed E-state index contributed by atoms with van der Waals surface area (Å²) >= 11 is 1.45. The van der Waals surface area contributed by atoms with E-state index in [4.69, 9.17) is 4.74 Å². The molecular formula is C16H14N4O2S. The maximum atomic E-state index is 11.9. The van der Waals surface area contributed by atoms with Gasteiger partial charge >= 0.3 is 5.97 Å². The molecule has 2 aromatic heterocycles. The molecule has 1 aromatic carbocycles. The summed E-state index contributed by atoms with van der Waals surface area (Å²) in [5.74, 6) is -0.511. The third-order valence-corrected chi connectivity index (χ3v) is 3.72. The van der Waals surface area contributed by atoms with Crippen molar-refractivity contribution in [3.63, 3.8) is 0 Å². The Balaban J connectivity index is 1.57. The molecule has 3 aromatic rings. The van der Waals surface area contributed by atoms with Gasteiger partial charge in [-0.25, -0.2) is 14.8 Å². The standard InChI is InChI=1S/C16H14N4O2S/c1-11-7-18-14(8-17-11)15(21)22-9-13-10-23-16(20-13)19-12-5-3-2-4-6-12/h2-8,10H,9H2,1H3,(H,19,20). The summed E-state index contributed by atoms with van der Waals surface area (Å²) in [4.78, 5) is 24.2. The molecule has 2 heterocycles. The van der Waals surface area contributed by atoms with E-state index in [-0.39, 0.29) is 12.3 Å². The number of hydrogen-bond acceptors (Lipinski definition) is 7. The number of carbonyl (C=O) groups is 1. The first-order valence-electron chi connectivity index (χ1n) is 6.93. The van der Waals surface area contributed by atoms with Crippen LogP contribution in [0.25, 0.3) is 0 Å². The highest BCUT2D eigenvalue weighted by Crippen LogP contribution is 2.21. The van der Waals surface area contributed by atoms with E-state index >= 15 is 0 Å². The number of para-hydroxylation sites is 1. The van der Waals surface area contributed by atoms with E-state index in [1.54, 1.807) is 6.92 Å². The number of nitrogens with one attached hydrogen (secondary N) is 1. The number of anilines is 2. The van der Waals surface area contributed by atoms with Crippen LogP contribution in [0.4, 0.5) is 10.8 Å².